The van der Waals surface area contributed by atoms with Gasteiger partial charge in [0.15, 0.2) is 5.92 Å². The lowest BCUT2D eigenvalue weighted by Gasteiger charge is -2.26. The number of carbonyl (C=O) groups is 2. The summed E-state index contributed by atoms with van der Waals surface area (Å²) in [7, 11) is 1.52. The molecule has 0 saturated heterocycles. The van der Waals surface area contributed by atoms with Crippen molar-refractivity contribution in [2.75, 3.05) is 20.3 Å². The molecule has 0 saturated carbocycles. The summed E-state index contributed by atoms with van der Waals surface area (Å²) in [5, 5.41) is 9.87. The molecule has 0 bridgehead atoms. The Morgan fingerprint density at radius 3 is 3.00 bits per heavy atom. The van der Waals surface area contributed by atoms with Crippen molar-refractivity contribution in [2.45, 2.75) is 6.42 Å². The van der Waals surface area contributed by atoms with Crippen molar-refractivity contribution in [1.29, 1.82) is 0 Å². The SMILES string of the molecule is COCCC1=NC(=O)C(C(=O)O)CN1N. The third-order valence-corrected chi connectivity index (χ3v) is 2.08. The van der Waals surface area contributed by atoms with E-state index in [1.807, 2.05) is 0 Å². The van der Waals surface area contributed by atoms with Gasteiger partial charge in [0, 0.05) is 13.5 Å². The number of carboxylic acids is 1. The molecular formula is C8H13N3O4. The molecule has 1 unspecified atom stereocenters. The van der Waals surface area contributed by atoms with Crippen LogP contribution in [0.1, 0.15) is 6.42 Å². The Labute approximate surface area is 86.5 Å². The van der Waals surface area contributed by atoms with Crippen LogP contribution in [-0.2, 0) is 14.3 Å². The molecule has 15 heavy (non-hydrogen) atoms. The quantitative estimate of drug-likeness (QED) is 0.452. The first kappa shape index (κ1) is 11.6. The van der Waals surface area contributed by atoms with Gasteiger partial charge in [-0.25, -0.2) is 5.84 Å². The van der Waals surface area contributed by atoms with E-state index >= 15 is 0 Å². The number of rotatable bonds is 4. The normalized spacial score (nSPS) is 21.5. The lowest BCUT2D eigenvalue weighted by Crippen LogP contribution is -2.49. The number of aliphatic imine (C=N–C) groups is 1. The van der Waals surface area contributed by atoms with Gasteiger partial charge in [-0.1, -0.05) is 0 Å². The molecule has 1 amide bonds. The van der Waals surface area contributed by atoms with Crippen molar-refractivity contribution in [3.8, 4) is 0 Å². The molecule has 0 aromatic heterocycles. The number of hydrogen-bond donors (Lipinski definition) is 2. The molecule has 7 nitrogen and oxygen atoms in total. The minimum Gasteiger partial charge on any atom is -0.481 e. The maximum Gasteiger partial charge on any atom is 0.318 e. The number of hydrazine groups is 1. The Hall–Kier alpha value is -1.47. The monoisotopic (exact) mass is 215 g/mol. The largest absolute Gasteiger partial charge is 0.481 e. The molecule has 3 N–H and O–H groups in total. The molecule has 0 aromatic carbocycles. The maximum absolute atomic E-state index is 11.3. The van der Waals surface area contributed by atoms with Crippen LogP contribution in [0.4, 0.5) is 0 Å². The standard InChI is InChI=1S/C8H13N3O4/c1-15-3-2-6-10-7(12)5(8(13)14)4-11(6)9/h5H,2-4,9H2,1H3,(H,13,14). The van der Waals surface area contributed by atoms with Gasteiger partial charge < -0.3 is 9.84 Å². The molecule has 1 aliphatic heterocycles. The van der Waals surface area contributed by atoms with Crippen LogP contribution in [0.2, 0.25) is 0 Å². The van der Waals surface area contributed by atoms with Crippen LogP contribution in [0.5, 0.6) is 0 Å². The number of carbonyl (C=O) groups excluding carboxylic acids is 1. The second-order valence-electron chi connectivity index (χ2n) is 3.15. The van der Waals surface area contributed by atoms with Gasteiger partial charge >= 0.3 is 5.97 Å². The minimum absolute atomic E-state index is 0.0449. The summed E-state index contributed by atoms with van der Waals surface area (Å²) in [6, 6.07) is 0. The zero-order valence-electron chi connectivity index (χ0n) is 8.34. The van der Waals surface area contributed by atoms with Gasteiger partial charge in [0.25, 0.3) is 5.91 Å². The van der Waals surface area contributed by atoms with Crippen molar-refractivity contribution in [2.24, 2.45) is 16.8 Å². The third-order valence-electron chi connectivity index (χ3n) is 2.08. The topological polar surface area (TPSA) is 105 Å². The van der Waals surface area contributed by atoms with Gasteiger partial charge in [-0.3, -0.25) is 14.6 Å². The number of amidine groups is 1. The number of nitrogens with zero attached hydrogens (tertiary/aromatic N) is 2. The number of hydrogen-bond acceptors (Lipinski definition) is 5. The lowest BCUT2D eigenvalue weighted by molar-refractivity contribution is -0.146. The van der Waals surface area contributed by atoms with Gasteiger partial charge in [-0.15, -0.1) is 0 Å². The van der Waals surface area contributed by atoms with Gasteiger partial charge in [-0.2, -0.15) is 4.99 Å². The molecule has 0 aliphatic carbocycles. The zero-order valence-corrected chi connectivity index (χ0v) is 8.34. The highest BCUT2D eigenvalue weighted by atomic mass is 16.5. The number of aliphatic carboxylic acids is 1. The summed E-state index contributed by atoms with van der Waals surface area (Å²) in [6.07, 6.45) is 0.394. The molecule has 0 aromatic rings. The number of ether oxygens (including phenoxy) is 1. The van der Waals surface area contributed by atoms with Crippen molar-refractivity contribution >= 4 is 17.7 Å². The Balaban J connectivity index is 2.72. The van der Waals surface area contributed by atoms with Crippen molar-refractivity contribution in [3.63, 3.8) is 0 Å². The lowest BCUT2D eigenvalue weighted by atomic mass is 10.1. The number of amides is 1. The average molecular weight is 215 g/mol. The highest BCUT2D eigenvalue weighted by Gasteiger charge is 2.33. The van der Waals surface area contributed by atoms with Crippen LogP contribution in [0.15, 0.2) is 4.99 Å². The Morgan fingerprint density at radius 2 is 2.47 bits per heavy atom. The third kappa shape index (κ3) is 2.74. The molecule has 1 atom stereocenters. The van der Waals surface area contributed by atoms with Crippen LogP contribution in [0.3, 0.4) is 0 Å². The van der Waals surface area contributed by atoms with Gasteiger partial charge in [0.05, 0.1) is 13.2 Å². The highest BCUT2D eigenvalue weighted by Crippen LogP contribution is 2.10. The van der Waals surface area contributed by atoms with Crippen LogP contribution < -0.4 is 5.84 Å². The fraction of sp³-hybridized carbons (Fsp3) is 0.625. The molecule has 0 fully saturated rings. The van der Waals surface area contributed by atoms with E-state index in [0.29, 0.717) is 18.9 Å². The van der Waals surface area contributed by atoms with Gasteiger partial charge in [0.1, 0.15) is 5.84 Å². The number of methoxy groups -OCH3 is 1. The van der Waals surface area contributed by atoms with E-state index in [1.54, 1.807) is 0 Å². The van der Waals surface area contributed by atoms with Crippen molar-refractivity contribution in [3.05, 3.63) is 0 Å². The molecule has 7 heteroatoms. The summed E-state index contributed by atoms with van der Waals surface area (Å²) >= 11 is 0. The van der Waals surface area contributed by atoms with Gasteiger partial charge in [-0.05, 0) is 0 Å². The van der Waals surface area contributed by atoms with Gasteiger partial charge in [0.2, 0.25) is 0 Å². The zero-order chi connectivity index (χ0) is 11.4. The Bertz CT molecular complexity index is 302. The van der Waals surface area contributed by atoms with E-state index < -0.39 is 17.8 Å². The molecular weight excluding hydrogens is 202 g/mol. The fourth-order valence-corrected chi connectivity index (χ4v) is 1.23. The molecule has 84 valence electrons. The van der Waals surface area contributed by atoms with E-state index in [-0.39, 0.29) is 6.54 Å². The van der Waals surface area contributed by atoms with E-state index in [4.69, 9.17) is 15.7 Å². The van der Waals surface area contributed by atoms with Crippen LogP contribution in [0, 0.1) is 5.92 Å². The maximum atomic E-state index is 11.3. The molecule has 1 rings (SSSR count). The highest BCUT2D eigenvalue weighted by molar-refractivity contribution is 6.05. The van der Waals surface area contributed by atoms with E-state index in [0.717, 1.165) is 0 Å². The Kier molecular flexibility index (Phi) is 3.75. The predicted molar refractivity (Wildman–Crippen MR) is 51.0 cm³/mol. The minimum atomic E-state index is -1.20. The average Bonchev–Trinajstić information content (AvgIpc) is 2.18. The first-order valence-electron chi connectivity index (χ1n) is 4.41. The fourth-order valence-electron chi connectivity index (χ4n) is 1.23. The second-order valence-corrected chi connectivity index (χ2v) is 3.15. The van der Waals surface area contributed by atoms with Crippen LogP contribution in [-0.4, -0.2) is 48.1 Å². The van der Waals surface area contributed by atoms with Crippen molar-refractivity contribution in [1.82, 2.24) is 5.01 Å². The van der Waals surface area contributed by atoms with E-state index in [1.165, 1.54) is 12.1 Å². The molecule has 0 spiro atoms. The summed E-state index contributed by atoms with van der Waals surface area (Å²) in [6.45, 7) is 0.342. The second kappa shape index (κ2) is 4.85. The van der Waals surface area contributed by atoms with E-state index in [2.05, 4.69) is 4.99 Å². The summed E-state index contributed by atoms with van der Waals surface area (Å²) in [4.78, 5) is 25.5. The van der Waals surface area contributed by atoms with E-state index in [9.17, 15) is 9.59 Å². The summed E-state index contributed by atoms with van der Waals surface area (Å²) in [5.74, 6) is 2.88. The molecule has 1 heterocycles. The predicted octanol–water partition coefficient (Wildman–Crippen LogP) is -1.16. The molecule has 0 radical (unpaired) electrons. The number of nitrogens with two attached hydrogens (primary N) is 1. The summed E-state index contributed by atoms with van der Waals surface area (Å²) < 4.78 is 4.81. The summed E-state index contributed by atoms with van der Waals surface area (Å²) in [5.41, 5.74) is 0. The first-order chi connectivity index (χ1) is 7.06. The number of carboxylic acid groups (broad SMARTS) is 1. The Morgan fingerprint density at radius 1 is 1.80 bits per heavy atom. The molecule has 1 aliphatic rings. The smallest absolute Gasteiger partial charge is 0.318 e. The van der Waals surface area contributed by atoms with Crippen LogP contribution in [0.25, 0.3) is 0 Å². The van der Waals surface area contributed by atoms with Crippen molar-refractivity contribution < 1.29 is 19.4 Å². The first-order valence-corrected chi connectivity index (χ1v) is 4.41. The van der Waals surface area contributed by atoms with Crippen LogP contribution >= 0.6 is 0 Å².